The van der Waals surface area contributed by atoms with Crippen molar-refractivity contribution in [1.29, 1.82) is 0 Å². The molecule has 0 amide bonds. The van der Waals surface area contributed by atoms with E-state index in [0.29, 0.717) is 0 Å². The van der Waals surface area contributed by atoms with Crippen LogP contribution in [0.2, 0.25) is 0 Å². The quantitative estimate of drug-likeness (QED) is 0.579. The Bertz CT molecular complexity index is 370. The Morgan fingerprint density at radius 3 is 2.57 bits per heavy atom. The van der Waals surface area contributed by atoms with Crippen LogP contribution in [0.4, 0.5) is 13.2 Å². The monoisotopic (exact) mass is 240 g/mol. The van der Waals surface area contributed by atoms with Gasteiger partial charge in [-0.15, -0.1) is 0 Å². The fourth-order valence-corrected chi connectivity index (χ4v) is 1.05. The molecule has 14 heavy (non-hydrogen) atoms. The molecule has 0 aromatic heterocycles. The summed E-state index contributed by atoms with van der Waals surface area (Å²) in [4.78, 5) is 0. The van der Waals surface area contributed by atoms with Crippen LogP contribution in [0.3, 0.4) is 0 Å². The van der Waals surface area contributed by atoms with Gasteiger partial charge in [-0.25, -0.2) is 13.2 Å². The number of rotatable bonds is 2. The zero-order valence-corrected chi connectivity index (χ0v) is 8.26. The van der Waals surface area contributed by atoms with Crippen LogP contribution in [0, 0.1) is 11.6 Å². The molecule has 0 heterocycles. The Hall–Kier alpha value is -0.810. The zero-order chi connectivity index (χ0) is 10.7. The van der Waals surface area contributed by atoms with E-state index in [0.717, 1.165) is 12.1 Å². The van der Waals surface area contributed by atoms with Crippen LogP contribution in [0.1, 0.15) is 5.56 Å². The Kier molecular flexibility index (Phi) is 3.71. The third kappa shape index (κ3) is 2.59. The second-order valence-corrected chi connectivity index (χ2v) is 3.29. The first-order valence-electron chi connectivity index (χ1n) is 3.45. The molecule has 0 aliphatic rings. The number of hydrogen-bond acceptors (Lipinski definition) is 2. The lowest BCUT2D eigenvalue weighted by molar-refractivity contribution is 0.435. The van der Waals surface area contributed by atoms with Crippen LogP contribution in [0.25, 0.3) is 0 Å². The van der Waals surface area contributed by atoms with Gasteiger partial charge in [0, 0.05) is 11.6 Å². The van der Waals surface area contributed by atoms with Crippen molar-refractivity contribution < 1.29 is 17.9 Å². The van der Waals surface area contributed by atoms with Crippen molar-refractivity contribution in [3.05, 3.63) is 29.3 Å². The van der Waals surface area contributed by atoms with Gasteiger partial charge in [-0.2, -0.15) is 0 Å². The molecule has 0 saturated heterocycles. The van der Waals surface area contributed by atoms with E-state index in [2.05, 4.69) is 17.0 Å². The van der Waals surface area contributed by atoms with Crippen molar-refractivity contribution in [3.63, 3.8) is 0 Å². The lowest BCUT2D eigenvalue weighted by atomic mass is 10.2. The summed E-state index contributed by atoms with van der Waals surface area (Å²) in [6.45, 7) is -1.13. The van der Waals surface area contributed by atoms with E-state index >= 15 is 0 Å². The first-order valence-corrected chi connectivity index (χ1v) is 4.24. The molecule has 0 unspecified atom stereocenters. The molecule has 1 rings (SSSR count). The predicted molar refractivity (Wildman–Crippen MR) is 50.2 cm³/mol. The molecule has 0 radical (unpaired) electrons. The average Bonchev–Trinajstić information content (AvgIpc) is 2.10. The van der Waals surface area contributed by atoms with Gasteiger partial charge in [0.05, 0.1) is 0 Å². The van der Waals surface area contributed by atoms with Crippen molar-refractivity contribution in [1.82, 2.24) is 0 Å². The molecule has 0 aliphatic heterocycles. The maximum Gasteiger partial charge on any atom is 0.260 e. The maximum atomic E-state index is 12.8. The number of ether oxygens (including phenoxy) is 1. The Morgan fingerprint density at radius 2 is 2.07 bits per heavy atom. The highest BCUT2D eigenvalue weighted by Gasteiger charge is 2.11. The van der Waals surface area contributed by atoms with E-state index in [4.69, 9.17) is 11.6 Å². The van der Waals surface area contributed by atoms with Gasteiger partial charge in [-0.05, 0) is 29.9 Å². The first kappa shape index (κ1) is 11.3. The smallest absolute Gasteiger partial charge is 0.260 e. The van der Waals surface area contributed by atoms with E-state index < -0.39 is 23.9 Å². The van der Waals surface area contributed by atoms with Crippen molar-refractivity contribution in [2.75, 3.05) is 0 Å². The molecule has 76 valence electrons. The molecule has 0 bridgehead atoms. The van der Waals surface area contributed by atoms with Gasteiger partial charge in [0.25, 0.3) is 4.51 Å². The van der Waals surface area contributed by atoms with Crippen LogP contribution < -0.4 is 4.74 Å². The van der Waals surface area contributed by atoms with Gasteiger partial charge in [-0.3, -0.25) is 0 Å². The second-order valence-electron chi connectivity index (χ2n) is 2.35. The minimum atomic E-state index is -1.24. The summed E-state index contributed by atoms with van der Waals surface area (Å²) in [6.07, 6.45) is 0. The number of halogens is 4. The molecule has 0 N–H and O–H groups in total. The van der Waals surface area contributed by atoms with Crippen molar-refractivity contribution in [2.24, 2.45) is 0 Å². The molecule has 1 nitrogen and oxygen atoms in total. The maximum absolute atomic E-state index is 12.8. The van der Waals surface area contributed by atoms with E-state index in [1.807, 2.05) is 0 Å². The van der Waals surface area contributed by atoms with Crippen molar-refractivity contribution in [2.45, 2.75) is 6.67 Å². The summed E-state index contributed by atoms with van der Waals surface area (Å²) in [5.41, 5.74) is -0.437. The molecule has 1 aromatic carbocycles. The number of hydrogen-bond donors (Lipinski definition) is 0. The third-order valence-electron chi connectivity index (χ3n) is 1.42. The van der Waals surface area contributed by atoms with Gasteiger partial charge in [0.1, 0.15) is 12.4 Å². The molecule has 0 aliphatic carbocycles. The SMILES string of the molecule is FCc1cc(OC(=S)Cl)cc(F)c1F. The third-order valence-corrected chi connectivity index (χ3v) is 1.58. The van der Waals surface area contributed by atoms with Crippen LogP contribution >= 0.6 is 23.8 Å². The van der Waals surface area contributed by atoms with Crippen molar-refractivity contribution in [3.8, 4) is 5.75 Å². The van der Waals surface area contributed by atoms with Crippen molar-refractivity contribution >= 4 is 28.3 Å². The summed E-state index contributed by atoms with van der Waals surface area (Å²) in [7, 11) is 0. The van der Waals surface area contributed by atoms with Gasteiger partial charge in [0.15, 0.2) is 11.6 Å². The lowest BCUT2D eigenvalue weighted by Crippen LogP contribution is -1.99. The molecular weight excluding hydrogens is 237 g/mol. The van der Waals surface area contributed by atoms with Gasteiger partial charge in [-0.1, -0.05) is 0 Å². The van der Waals surface area contributed by atoms with E-state index in [9.17, 15) is 13.2 Å². The summed E-state index contributed by atoms with van der Waals surface area (Å²) < 4.78 is 41.9. The van der Waals surface area contributed by atoms with Crippen LogP contribution in [0.15, 0.2) is 12.1 Å². The highest BCUT2D eigenvalue weighted by Crippen LogP contribution is 2.21. The first-order chi connectivity index (χ1) is 6.54. The van der Waals surface area contributed by atoms with Gasteiger partial charge < -0.3 is 4.74 Å². The largest absolute Gasteiger partial charge is 0.436 e. The van der Waals surface area contributed by atoms with Gasteiger partial charge >= 0.3 is 0 Å². The summed E-state index contributed by atoms with van der Waals surface area (Å²) >= 11 is 9.57. The Balaban J connectivity index is 3.09. The Labute approximate surface area is 88.4 Å². The molecule has 0 fully saturated rings. The van der Waals surface area contributed by atoms with E-state index in [-0.39, 0.29) is 10.3 Å². The summed E-state index contributed by atoms with van der Waals surface area (Å²) in [6, 6.07) is 1.73. The number of thiocarbonyl (C=S) groups is 1. The lowest BCUT2D eigenvalue weighted by Gasteiger charge is -2.04. The number of alkyl halides is 1. The van der Waals surface area contributed by atoms with Gasteiger partial charge in [0.2, 0.25) is 0 Å². The summed E-state index contributed by atoms with van der Waals surface area (Å²) in [5, 5.41) is 0. The highest BCUT2D eigenvalue weighted by atomic mass is 35.5. The minimum absolute atomic E-state index is 0.128. The summed E-state index contributed by atoms with van der Waals surface area (Å²) in [5.74, 6) is -2.57. The minimum Gasteiger partial charge on any atom is -0.436 e. The van der Waals surface area contributed by atoms with Crippen LogP contribution in [0.5, 0.6) is 5.75 Å². The predicted octanol–water partition coefficient (Wildman–Crippen LogP) is 3.34. The molecule has 0 atom stereocenters. The van der Waals surface area contributed by atoms with E-state index in [1.165, 1.54) is 0 Å². The normalized spacial score (nSPS) is 10.0. The topological polar surface area (TPSA) is 9.23 Å². The molecule has 6 heteroatoms. The fraction of sp³-hybridized carbons (Fsp3) is 0.125. The van der Waals surface area contributed by atoms with Crippen LogP contribution in [-0.2, 0) is 6.67 Å². The Morgan fingerprint density at radius 1 is 1.43 bits per heavy atom. The molecule has 0 saturated carbocycles. The zero-order valence-electron chi connectivity index (χ0n) is 6.69. The standard InChI is InChI=1S/C8H4ClF3OS/c9-8(14)13-5-1-4(3-10)7(12)6(11)2-5/h1-2H,3H2. The number of benzene rings is 1. The molecule has 1 aromatic rings. The second kappa shape index (κ2) is 4.61. The molecule has 0 spiro atoms. The molecular formula is C8H4ClF3OS. The fourth-order valence-electron chi connectivity index (χ4n) is 0.867. The highest BCUT2D eigenvalue weighted by molar-refractivity contribution is 7.82. The average molecular weight is 241 g/mol. The van der Waals surface area contributed by atoms with Crippen LogP contribution in [-0.4, -0.2) is 4.51 Å². The van der Waals surface area contributed by atoms with E-state index in [1.54, 1.807) is 0 Å².